The highest BCUT2D eigenvalue weighted by atomic mass is 15.0. The molecule has 2 unspecified atom stereocenters. The van der Waals surface area contributed by atoms with Crippen LogP contribution in [0.1, 0.15) is 56.1 Å². The first kappa shape index (κ1) is 20.6. The minimum Gasteiger partial charge on any atom is -0.309 e. The molecule has 2 atom stereocenters. The Balaban J connectivity index is 1.85. The van der Waals surface area contributed by atoms with Gasteiger partial charge in [-0.05, 0) is 56.3 Å². The maximum Gasteiger partial charge on any atom is 0.0109 e. The van der Waals surface area contributed by atoms with Gasteiger partial charge in [-0.3, -0.25) is 0 Å². The van der Waals surface area contributed by atoms with E-state index >= 15 is 0 Å². The molecule has 3 rings (SSSR count). The van der Waals surface area contributed by atoms with Gasteiger partial charge in [0.2, 0.25) is 0 Å². The van der Waals surface area contributed by atoms with Crippen LogP contribution in [-0.2, 0) is 0 Å². The molecule has 0 fully saturated rings. The summed E-state index contributed by atoms with van der Waals surface area (Å²) in [6.45, 7) is 5.88. The summed E-state index contributed by atoms with van der Waals surface area (Å²) in [4.78, 5) is 2.30. The van der Waals surface area contributed by atoms with Crippen molar-refractivity contribution in [1.29, 1.82) is 0 Å². The molecule has 2 aromatic rings. The van der Waals surface area contributed by atoms with E-state index in [4.69, 9.17) is 0 Å². The van der Waals surface area contributed by atoms with Crippen molar-refractivity contribution in [3.05, 3.63) is 95.6 Å². The van der Waals surface area contributed by atoms with Crippen molar-refractivity contribution in [2.75, 3.05) is 20.6 Å². The predicted octanol–water partition coefficient (Wildman–Crippen LogP) is 6.81. The summed E-state index contributed by atoms with van der Waals surface area (Å²) < 4.78 is 0. The van der Waals surface area contributed by atoms with Gasteiger partial charge in [0, 0.05) is 12.0 Å². The van der Waals surface area contributed by atoms with Crippen LogP contribution in [0.4, 0.5) is 0 Å². The van der Waals surface area contributed by atoms with Gasteiger partial charge < -0.3 is 4.90 Å². The molecule has 1 nitrogen and oxygen atoms in total. The lowest BCUT2D eigenvalue weighted by molar-refractivity contribution is 0.319. The number of nitrogens with zero attached hydrogens (tertiary/aromatic N) is 1. The highest BCUT2D eigenvalue weighted by molar-refractivity contribution is 5.37. The SMILES string of the molecule is CC(CC1(CC(C)c2ccccc2)C=CC=C1CCN(C)C)c1ccccc1. The average Bonchev–Trinajstić information content (AvgIpc) is 3.09. The first-order chi connectivity index (χ1) is 13.5. The lowest BCUT2D eigenvalue weighted by atomic mass is 9.67. The second-order valence-corrected chi connectivity index (χ2v) is 8.79. The Bertz CT molecular complexity index is 738. The number of rotatable bonds is 9. The topological polar surface area (TPSA) is 3.24 Å². The molecule has 0 aromatic heterocycles. The van der Waals surface area contributed by atoms with Crippen molar-refractivity contribution >= 4 is 0 Å². The minimum absolute atomic E-state index is 0.153. The number of hydrogen-bond donors (Lipinski definition) is 0. The summed E-state index contributed by atoms with van der Waals surface area (Å²) in [6, 6.07) is 22.0. The number of allylic oxidation sites excluding steroid dienone is 3. The van der Waals surface area contributed by atoms with Crippen LogP contribution in [0, 0.1) is 5.41 Å². The molecule has 1 heteroatoms. The van der Waals surface area contributed by atoms with Crippen LogP contribution in [-0.4, -0.2) is 25.5 Å². The fourth-order valence-electron chi connectivity index (χ4n) is 4.67. The molecule has 1 aliphatic carbocycles. The Morgan fingerprint density at radius 2 is 1.29 bits per heavy atom. The average molecular weight is 374 g/mol. The highest BCUT2D eigenvalue weighted by Gasteiger charge is 2.37. The van der Waals surface area contributed by atoms with E-state index in [1.54, 1.807) is 5.57 Å². The van der Waals surface area contributed by atoms with Crippen LogP contribution in [0.15, 0.2) is 84.5 Å². The smallest absolute Gasteiger partial charge is 0.0109 e. The van der Waals surface area contributed by atoms with Gasteiger partial charge in [-0.25, -0.2) is 0 Å². The molecule has 2 aromatic carbocycles. The normalized spacial score (nSPS) is 21.0. The van der Waals surface area contributed by atoms with E-state index < -0.39 is 0 Å². The quantitative estimate of drug-likeness (QED) is 0.467. The summed E-state index contributed by atoms with van der Waals surface area (Å²) >= 11 is 0. The molecule has 0 spiro atoms. The largest absolute Gasteiger partial charge is 0.309 e. The Morgan fingerprint density at radius 1 is 0.786 bits per heavy atom. The molecule has 0 radical (unpaired) electrons. The van der Waals surface area contributed by atoms with Crippen LogP contribution < -0.4 is 0 Å². The van der Waals surface area contributed by atoms with Gasteiger partial charge in [0.25, 0.3) is 0 Å². The van der Waals surface area contributed by atoms with E-state index in [-0.39, 0.29) is 5.41 Å². The van der Waals surface area contributed by atoms with E-state index in [1.165, 1.54) is 24.0 Å². The summed E-state index contributed by atoms with van der Waals surface area (Å²) in [5.41, 5.74) is 4.65. The molecule has 0 saturated carbocycles. The van der Waals surface area contributed by atoms with Gasteiger partial charge in [-0.15, -0.1) is 0 Å². The van der Waals surface area contributed by atoms with Crippen LogP contribution in [0.2, 0.25) is 0 Å². The molecule has 148 valence electrons. The van der Waals surface area contributed by atoms with Gasteiger partial charge >= 0.3 is 0 Å². The second kappa shape index (κ2) is 9.39. The third kappa shape index (κ3) is 5.02. The molecule has 0 saturated heterocycles. The Hall–Kier alpha value is -2.12. The Morgan fingerprint density at radius 3 is 1.75 bits per heavy atom. The third-order valence-electron chi connectivity index (χ3n) is 6.26. The molecule has 0 N–H and O–H groups in total. The maximum absolute atomic E-state index is 2.50. The maximum atomic E-state index is 2.50. The lowest BCUT2D eigenvalue weighted by Gasteiger charge is -2.37. The highest BCUT2D eigenvalue weighted by Crippen LogP contribution is 2.49. The van der Waals surface area contributed by atoms with E-state index in [0.29, 0.717) is 11.8 Å². The number of benzene rings is 2. The van der Waals surface area contributed by atoms with Gasteiger partial charge in [0.05, 0.1) is 0 Å². The molecule has 1 aliphatic rings. The van der Waals surface area contributed by atoms with Crippen LogP contribution in [0.25, 0.3) is 0 Å². The summed E-state index contributed by atoms with van der Waals surface area (Å²) in [6.07, 6.45) is 10.7. The van der Waals surface area contributed by atoms with E-state index in [2.05, 4.69) is 112 Å². The van der Waals surface area contributed by atoms with E-state index in [1.807, 2.05) is 0 Å². The molecule has 28 heavy (non-hydrogen) atoms. The third-order valence-corrected chi connectivity index (χ3v) is 6.26. The van der Waals surface area contributed by atoms with E-state index in [0.717, 1.165) is 13.0 Å². The Labute approximate surface area is 171 Å². The minimum atomic E-state index is 0.153. The van der Waals surface area contributed by atoms with Crippen molar-refractivity contribution in [2.45, 2.75) is 44.9 Å². The molecule has 0 bridgehead atoms. The van der Waals surface area contributed by atoms with E-state index in [9.17, 15) is 0 Å². The second-order valence-electron chi connectivity index (χ2n) is 8.79. The van der Waals surface area contributed by atoms with Crippen LogP contribution in [0.5, 0.6) is 0 Å². The van der Waals surface area contributed by atoms with Crippen molar-refractivity contribution in [1.82, 2.24) is 4.90 Å². The van der Waals surface area contributed by atoms with Crippen molar-refractivity contribution < 1.29 is 0 Å². The van der Waals surface area contributed by atoms with Crippen molar-refractivity contribution in [2.24, 2.45) is 5.41 Å². The molecular formula is C27H35N. The summed E-state index contributed by atoms with van der Waals surface area (Å²) in [7, 11) is 4.34. The predicted molar refractivity (Wildman–Crippen MR) is 122 cm³/mol. The monoisotopic (exact) mass is 373 g/mol. The zero-order chi connectivity index (χ0) is 20.0. The van der Waals surface area contributed by atoms with Gasteiger partial charge in [0.15, 0.2) is 0 Å². The van der Waals surface area contributed by atoms with Gasteiger partial charge in [-0.1, -0.05) is 98.3 Å². The fraction of sp³-hybridized carbons (Fsp3) is 0.407. The first-order valence-corrected chi connectivity index (χ1v) is 10.6. The molecule has 0 aliphatic heterocycles. The Kier molecular flexibility index (Phi) is 6.91. The zero-order valence-electron chi connectivity index (χ0n) is 17.9. The first-order valence-electron chi connectivity index (χ1n) is 10.6. The van der Waals surface area contributed by atoms with Gasteiger partial charge in [-0.2, -0.15) is 0 Å². The standard InChI is InChI=1S/C27H35N/c1-22(24-12-7-5-8-13-24)20-27(18-11-16-26(27)17-19-28(3)4)21-23(2)25-14-9-6-10-15-25/h5-16,18,22-23H,17,19-21H2,1-4H3. The van der Waals surface area contributed by atoms with Crippen molar-refractivity contribution in [3.63, 3.8) is 0 Å². The van der Waals surface area contributed by atoms with Crippen LogP contribution in [0.3, 0.4) is 0 Å². The summed E-state index contributed by atoms with van der Waals surface area (Å²) in [5.74, 6) is 1.07. The molecule has 0 heterocycles. The summed E-state index contributed by atoms with van der Waals surface area (Å²) in [5, 5.41) is 0. The molecular weight excluding hydrogens is 338 g/mol. The van der Waals surface area contributed by atoms with Gasteiger partial charge in [0.1, 0.15) is 0 Å². The number of hydrogen-bond acceptors (Lipinski definition) is 1. The fourth-order valence-corrected chi connectivity index (χ4v) is 4.67. The molecule has 0 amide bonds. The van der Waals surface area contributed by atoms with Crippen LogP contribution >= 0.6 is 0 Å². The zero-order valence-corrected chi connectivity index (χ0v) is 17.9. The van der Waals surface area contributed by atoms with Crippen molar-refractivity contribution in [3.8, 4) is 0 Å². The lowest BCUT2D eigenvalue weighted by Crippen LogP contribution is -2.26.